The molecule has 0 atom stereocenters. The number of rotatable bonds is 2. The van der Waals surface area contributed by atoms with Crippen LogP contribution in [0.2, 0.25) is 0 Å². The van der Waals surface area contributed by atoms with Crippen LogP contribution in [0.1, 0.15) is 33.6 Å². The summed E-state index contributed by atoms with van der Waals surface area (Å²) in [6, 6.07) is 6.47. The Morgan fingerprint density at radius 3 is 2.67 bits per heavy atom. The minimum absolute atomic E-state index is 0.213. The zero-order valence-corrected chi connectivity index (χ0v) is 14.9. The summed E-state index contributed by atoms with van der Waals surface area (Å²) in [5, 5.41) is 0. The highest BCUT2D eigenvalue weighted by molar-refractivity contribution is 5.76. The van der Waals surface area contributed by atoms with Gasteiger partial charge in [-0.2, -0.15) is 0 Å². The average Bonchev–Trinajstić information content (AvgIpc) is 3.00. The van der Waals surface area contributed by atoms with Crippen LogP contribution >= 0.6 is 0 Å². The number of hydrogen-bond donors (Lipinski definition) is 1. The van der Waals surface area contributed by atoms with E-state index in [1.807, 2.05) is 39.1 Å². The number of carbonyl (C=O) groups excluding carboxylic acids is 1. The average molecular weight is 330 g/mol. The molecule has 3 rings (SSSR count). The molecule has 6 heteroatoms. The molecule has 0 saturated carbocycles. The lowest BCUT2D eigenvalue weighted by molar-refractivity contribution is 0.0205. The molecular weight excluding hydrogens is 304 g/mol. The number of hydrogen-bond acceptors (Lipinski definition) is 4. The van der Waals surface area contributed by atoms with E-state index in [0.29, 0.717) is 6.04 Å². The molecule has 130 valence electrons. The second kappa shape index (κ2) is 6.34. The van der Waals surface area contributed by atoms with Crippen LogP contribution in [0.25, 0.3) is 11.0 Å². The predicted molar refractivity (Wildman–Crippen MR) is 95.3 cm³/mol. The van der Waals surface area contributed by atoms with Gasteiger partial charge >= 0.3 is 6.09 Å². The van der Waals surface area contributed by atoms with Crippen LogP contribution < -0.4 is 4.90 Å². The molecule has 1 fully saturated rings. The smallest absolute Gasteiger partial charge is 0.410 e. The molecule has 1 saturated heterocycles. The van der Waals surface area contributed by atoms with E-state index in [1.54, 1.807) is 4.90 Å². The van der Waals surface area contributed by atoms with Crippen molar-refractivity contribution in [2.45, 2.75) is 45.3 Å². The number of nitrogens with zero attached hydrogens (tertiary/aromatic N) is 3. The fourth-order valence-corrected chi connectivity index (χ4v) is 3.07. The number of amides is 1. The van der Waals surface area contributed by atoms with Gasteiger partial charge in [-0.1, -0.05) is 0 Å². The normalized spacial score (nSPS) is 16.4. The van der Waals surface area contributed by atoms with E-state index in [4.69, 9.17) is 9.72 Å². The van der Waals surface area contributed by atoms with E-state index in [2.05, 4.69) is 23.0 Å². The van der Waals surface area contributed by atoms with Crippen molar-refractivity contribution < 1.29 is 9.53 Å². The molecular formula is C18H26N4O2. The maximum atomic E-state index is 12.2. The number of aromatic nitrogens is 2. The third kappa shape index (κ3) is 3.63. The Bertz CT molecular complexity index is 711. The van der Waals surface area contributed by atoms with Gasteiger partial charge in [-0.15, -0.1) is 0 Å². The Kier molecular flexibility index (Phi) is 4.39. The third-order valence-electron chi connectivity index (χ3n) is 4.42. The number of H-pyrrole nitrogens is 1. The van der Waals surface area contributed by atoms with Crippen molar-refractivity contribution in [3.63, 3.8) is 0 Å². The molecule has 2 aromatic heterocycles. The van der Waals surface area contributed by atoms with Crippen LogP contribution in [0.5, 0.6) is 0 Å². The summed E-state index contributed by atoms with van der Waals surface area (Å²) in [6.45, 7) is 7.13. The summed E-state index contributed by atoms with van der Waals surface area (Å²) in [5.41, 5.74) is 1.58. The van der Waals surface area contributed by atoms with Crippen LogP contribution in [0.3, 0.4) is 0 Å². The van der Waals surface area contributed by atoms with Crippen molar-refractivity contribution in [3.8, 4) is 0 Å². The van der Waals surface area contributed by atoms with Crippen molar-refractivity contribution in [2.75, 3.05) is 25.0 Å². The lowest BCUT2D eigenvalue weighted by Gasteiger charge is -2.37. The molecule has 1 aliphatic rings. The molecule has 0 unspecified atom stereocenters. The summed E-state index contributed by atoms with van der Waals surface area (Å²) in [5.74, 6) is 0.970. The molecule has 1 amide bonds. The molecule has 1 N–H and O–H groups in total. The number of anilines is 1. The summed E-state index contributed by atoms with van der Waals surface area (Å²) in [7, 11) is 2.08. The molecule has 2 aromatic rings. The van der Waals surface area contributed by atoms with Gasteiger partial charge in [0.2, 0.25) is 0 Å². The number of fused-ring (bicyclic) bond motifs is 1. The van der Waals surface area contributed by atoms with Gasteiger partial charge in [-0.05, 0) is 51.8 Å². The fraction of sp³-hybridized carbons (Fsp3) is 0.556. The molecule has 0 radical (unpaired) electrons. The van der Waals surface area contributed by atoms with Gasteiger partial charge in [-0.3, -0.25) is 0 Å². The number of piperidine rings is 1. The Morgan fingerprint density at radius 1 is 1.29 bits per heavy atom. The molecule has 0 bridgehead atoms. The molecule has 0 aliphatic carbocycles. The SMILES string of the molecule is CN(c1ccc2[nH]ccc2n1)C1CCN(C(=O)OC(C)(C)C)CC1. The number of aromatic amines is 1. The lowest BCUT2D eigenvalue weighted by atomic mass is 10.0. The zero-order valence-electron chi connectivity index (χ0n) is 14.9. The van der Waals surface area contributed by atoms with Gasteiger partial charge in [0, 0.05) is 32.4 Å². The van der Waals surface area contributed by atoms with E-state index >= 15 is 0 Å². The first-order valence-corrected chi connectivity index (χ1v) is 8.48. The van der Waals surface area contributed by atoms with Crippen LogP contribution in [-0.2, 0) is 4.74 Å². The van der Waals surface area contributed by atoms with Gasteiger partial charge in [0.15, 0.2) is 0 Å². The van der Waals surface area contributed by atoms with Crippen molar-refractivity contribution in [3.05, 3.63) is 24.4 Å². The van der Waals surface area contributed by atoms with Crippen molar-refractivity contribution in [2.24, 2.45) is 0 Å². The maximum absolute atomic E-state index is 12.2. The van der Waals surface area contributed by atoms with Gasteiger partial charge in [0.25, 0.3) is 0 Å². The van der Waals surface area contributed by atoms with Crippen LogP contribution in [0.4, 0.5) is 10.6 Å². The Labute approximate surface area is 142 Å². The van der Waals surface area contributed by atoms with Gasteiger partial charge < -0.3 is 19.5 Å². The lowest BCUT2D eigenvalue weighted by Crippen LogP contribution is -2.47. The number of likely N-dealkylation sites (tertiary alicyclic amines) is 1. The maximum Gasteiger partial charge on any atom is 0.410 e. The summed E-state index contributed by atoms with van der Waals surface area (Å²) < 4.78 is 5.45. The van der Waals surface area contributed by atoms with Crippen LogP contribution in [0.15, 0.2) is 24.4 Å². The summed E-state index contributed by atoms with van der Waals surface area (Å²) >= 11 is 0. The number of pyridine rings is 1. The minimum Gasteiger partial charge on any atom is -0.444 e. The Balaban J connectivity index is 1.60. The third-order valence-corrected chi connectivity index (χ3v) is 4.42. The van der Waals surface area contributed by atoms with Gasteiger partial charge in [-0.25, -0.2) is 9.78 Å². The summed E-state index contributed by atoms with van der Waals surface area (Å²) in [4.78, 5) is 24.0. The first kappa shape index (κ1) is 16.6. The van der Waals surface area contributed by atoms with E-state index in [9.17, 15) is 4.79 Å². The second-order valence-electron chi connectivity index (χ2n) is 7.39. The van der Waals surface area contributed by atoms with Gasteiger partial charge in [0.1, 0.15) is 11.4 Å². The van der Waals surface area contributed by atoms with Crippen molar-refractivity contribution in [1.29, 1.82) is 0 Å². The first-order valence-electron chi connectivity index (χ1n) is 8.48. The quantitative estimate of drug-likeness (QED) is 0.917. The minimum atomic E-state index is -0.444. The van der Waals surface area contributed by atoms with Crippen LogP contribution in [-0.4, -0.2) is 52.7 Å². The Hall–Kier alpha value is -2.24. The fourth-order valence-electron chi connectivity index (χ4n) is 3.07. The van der Waals surface area contributed by atoms with Crippen molar-refractivity contribution in [1.82, 2.24) is 14.9 Å². The van der Waals surface area contributed by atoms with Crippen molar-refractivity contribution >= 4 is 22.9 Å². The number of nitrogens with one attached hydrogen (secondary N) is 1. The molecule has 24 heavy (non-hydrogen) atoms. The monoisotopic (exact) mass is 330 g/mol. The number of ether oxygens (including phenoxy) is 1. The van der Waals surface area contributed by atoms with E-state index in [-0.39, 0.29) is 6.09 Å². The van der Waals surface area contributed by atoms with E-state index in [1.165, 1.54) is 0 Å². The highest BCUT2D eigenvalue weighted by atomic mass is 16.6. The standard InChI is InChI=1S/C18H26N4O2/c1-18(2,3)24-17(23)22-11-8-13(9-12-22)21(4)16-6-5-14-15(20-16)7-10-19-14/h5-7,10,13,19H,8-9,11-12H2,1-4H3. The largest absolute Gasteiger partial charge is 0.444 e. The molecule has 3 heterocycles. The molecule has 0 aromatic carbocycles. The highest BCUT2D eigenvalue weighted by Gasteiger charge is 2.28. The molecule has 6 nitrogen and oxygen atoms in total. The second-order valence-corrected chi connectivity index (χ2v) is 7.39. The van der Waals surface area contributed by atoms with Crippen LogP contribution in [0, 0.1) is 0 Å². The highest BCUT2D eigenvalue weighted by Crippen LogP contribution is 2.23. The van der Waals surface area contributed by atoms with Gasteiger partial charge in [0.05, 0.1) is 11.0 Å². The topological polar surface area (TPSA) is 61.5 Å². The van der Waals surface area contributed by atoms with E-state index in [0.717, 1.165) is 42.8 Å². The first-order chi connectivity index (χ1) is 11.3. The zero-order chi connectivity index (χ0) is 17.3. The molecule has 1 aliphatic heterocycles. The Morgan fingerprint density at radius 2 is 2.00 bits per heavy atom. The number of carbonyl (C=O) groups is 1. The van der Waals surface area contributed by atoms with E-state index < -0.39 is 5.60 Å². The summed E-state index contributed by atoms with van der Waals surface area (Å²) in [6.07, 6.45) is 3.53. The predicted octanol–water partition coefficient (Wildman–Crippen LogP) is 3.40. The molecule has 0 spiro atoms.